The van der Waals surface area contributed by atoms with E-state index in [2.05, 4.69) is 15.8 Å². The number of hydrogen-bond acceptors (Lipinski definition) is 9. The molecule has 1 aliphatic rings. The van der Waals surface area contributed by atoms with Crippen molar-refractivity contribution in [3.63, 3.8) is 0 Å². The van der Waals surface area contributed by atoms with Crippen LogP contribution < -0.4 is 10.7 Å². The minimum atomic E-state index is -3.01. The molecular formula is C19H23N4O9S-. The van der Waals surface area contributed by atoms with E-state index in [0.717, 1.165) is 30.2 Å². The van der Waals surface area contributed by atoms with Crippen LogP contribution in [0.5, 0.6) is 11.5 Å². The third-order valence-electron chi connectivity index (χ3n) is 5.03. The monoisotopic (exact) mass is 483 g/mol. The summed E-state index contributed by atoms with van der Waals surface area (Å²) in [6, 6.07) is 1.22. The summed E-state index contributed by atoms with van der Waals surface area (Å²) in [5, 5.41) is 34.2. The SMILES string of the molecule is C[C@@H]1CC(=O)N1[C@@H](C(=O)O)[C@](C)(/C=N/NC(=O)CCNC(=O)c1ccc(O)c(O)c1)S(=O)[O-]. The lowest BCUT2D eigenvalue weighted by molar-refractivity contribution is -0.161. The van der Waals surface area contributed by atoms with Crippen LogP contribution in [0, 0.1) is 0 Å². The van der Waals surface area contributed by atoms with Gasteiger partial charge in [-0.05, 0) is 43.1 Å². The maximum atomic E-state index is 12.0. The van der Waals surface area contributed by atoms with Gasteiger partial charge in [-0.15, -0.1) is 0 Å². The molecule has 1 fully saturated rings. The van der Waals surface area contributed by atoms with Crippen LogP contribution in [-0.2, 0) is 25.5 Å². The fraction of sp³-hybridized carbons (Fsp3) is 0.421. The van der Waals surface area contributed by atoms with Crippen molar-refractivity contribution >= 4 is 41.0 Å². The molecule has 1 aromatic carbocycles. The summed E-state index contributed by atoms with van der Waals surface area (Å²) in [7, 11) is 0. The molecule has 0 aromatic heterocycles. The quantitative estimate of drug-likeness (QED) is 0.0910. The maximum absolute atomic E-state index is 12.0. The summed E-state index contributed by atoms with van der Waals surface area (Å²) in [5.41, 5.74) is 2.10. The van der Waals surface area contributed by atoms with E-state index in [-0.39, 0.29) is 24.9 Å². The van der Waals surface area contributed by atoms with E-state index in [1.54, 1.807) is 6.92 Å². The number of carbonyl (C=O) groups excluding carboxylic acids is 3. The second-order valence-corrected chi connectivity index (χ2v) is 8.87. The van der Waals surface area contributed by atoms with Crippen LogP contribution in [0.4, 0.5) is 0 Å². The summed E-state index contributed by atoms with van der Waals surface area (Å²) in [6.45, 7) is 2.51. The van der Waals surface area contributed by atoms with Crippen LogP contribution in [0.3, 0.4) is 0 Å². The van der Waals surface area contributed by atoms with Crippen molar-refractivity contribution in [2.75, 3.05) is 6.54 Å². The Balaban J connectivity index is 1.96. The van der Waals surface area contributed by atoms with Crippen molar-refractivity contribution in [1.29, 1.82) is 0 Å². The molecule has 0 aliphatic carbocycles. The van der Waals surface area contributed by atoms with E-state index in [4.69, 9.17) is 0 Å². The first-order chi connectivity index (χ1) is 15.4. The summed E-state index contributed by atoms with van der Waals surface area (Å²) in [5.74, 6) is -4.26. The van der Waals surface area contributed by atoms with Gasteiger partial charge in [-0.25, -0.2) is 10.2 Å². The molecule has 5 N–H and O–H groups in total. The molecule has 4 atom stereocenters. The molecule has 0 radical (unpaired) electrons. The zero-order valence-corrected chi connectivity index (χ0v) is 18.5. The molecule has 1 unspecified atom stereocenters. The number of phenols is 2. The van der Waals surface area contributed by atoms with Gasteiger partial charge >= 0.3 is 5.97 Å². The highest BCUT2D eigenvalue weighted by Gasteiger charge is 2.51. The van der Waals surface area contributed by atoms with Crippen molar-refractivity contribution in [3.8, 4) is 11.5 Å². The highest BCUT2D eigenvalue weighted by Crippen LogP contribution is 2.30. The van der Waals surface area contributed by atoms with Crippen LogP contribution in [0.2, 0.25) is 0 Å². The molecule has 1 aromatic rings. The van der Waals surface area contributed by atoms with Gasteiger partial charge in [-0.3, -0.25) is 18.6 Å². The normalized spacial score (nSPS) is 19.3. The molecule has 1 saturated heterocycles. The van der Waals surface area contributed by atoms with E-state index in [9.17, 15) is 43.3 Å². The van der Waals surface area contributed by atoms with Gasteiger partial charge in [0.1, 0.15) is 0 Å². The number of likely N-dealkylation sites (tertiary alicyclic amines) is 1. The van der Waals surface area contributed by atoms with Crippen molar-refractivity contribution in [3.05, 3.63) is 23.8 Å². The zero-order chi connectivity index (χ0) is 24.9. The fourth-order valence-electron chi connectivity index (χ4n) is 3.18. The van der Waals surface area contributed by atoms with Gasteiger partial charge in [-0.1, -0.05) is 0 Å². The summed E-state index contributed by atoms with van der Waals surface area (Å²) in [4.78, 5) is 48.5. The summed E-state index contributed by atoms with van der Waals surface area (Å²) in [6.07, 6.45) is 0.575. The Morgan fingerprint density at radius 3 is 2.55 bits per heavy atom. The molecule has 2 rings (SSSR count). The number of nitrogens with one attached hydrogen (secondary N) is 2. The van der Waals surface area contributed by atoms with Crippen molar-refractivity contribution < 1.29 is 43.3 Å². The number of amides is 3. The molecule has 1 aliphatic heterocycles. The first-order valence-electron chi connectivity index (χ1n) is 9.65. The minimum absolute atomic E-state index is 0.0481. The molecule has 13 nitrogen and oxygen atoms in total. The van der Waals surface area contributed by atoms with E-state index in [1.807, 2.05) is 0 Å². The first kappa shape index (κ1) is 25.7. The molecule has 3 amide bonds. The second-order valence-electron chi connectivity index (χ2n) is 7.52. The number of aromatic hydroxyl groups is 2. The van der Waals surface area contributed by atoms with Gasteiger partial charge in [0, 0.05) is 37.2 Å². The number of benzene rings is 1. The number of carboxylic acids is 1. The van der Waals surface area contributed by atoms with E-state index < -0.39 is 63.1 Å². The smallest absolute Gasteiger partial charge is 0.328 e. The predicted molar refractivity (Wildman–Crippen MR) is 113 cm³/mol. The molecule has 0 saturated carbocycles. The average Bonchev–Trinajstić information content (AvgIpc) is 2.73. The van der Waals surface area contributed by atoms with Gasteiger partial charge in [0.2, 0.25) is 11.8 Å². The number of phenolic OH excluding ortho intramolecular Hbond substituents is 2. The van der Waals surface area contributed by atoms with Crippen molar-refractivity contribution in [2.45, 2.75) is 43.5 Å². The number of carboxylic acid groups (broad SMARTS) is 1. The fourth-order valence-corrected chi connectivity index (χ4v) is 3.71. The highest BCUT2D eigenvalue weighted by molar-refractivity contribution is 7.81. The Hall–Kier alpha value is -3.52. The van der Waals surface area contributed by atoms with Gasteiger partial charge < -0.3 is 30.1 Å². The van der Waals surface area contributed by atoms with E-state index in [1.165, 1.54) is 6.07 Å². The number of nitrogens with zero attached hydrogens (tertiary/aromatic N) is 2. The molecule has 180 valence electrons. The third-order valence-corrected chi connectivity index (χ3v) is 6.08. The largest absolute Gasteiger partial charge is 0.772 e. The van der Waals surface area contributed by atoms with E-state index >= 15 is 0 Å². The topological polar surface area (TPSA) is 209 Å². The van der Waals surface area contributed by atoms with Crippen molar-refractivity contribution in [1.82, 2.24) is 15.6 Å². The van der Waals surface area contributed by atoms with Gasteiger partial charge in [0.05, 0.1) is 4.75 Å². The maximum Gasteiger partial charge on any atom is 0.328 e. The second kappa shape index (κ2) is 10.4. The van der Waals surface area contributed by atoms with Gasteiger partial charge in [0.15, 0.2) is 17.5 Å². The van der Waals surface area contributed by atoms with Crippen LogP contribution in [0.1, 0.15) is 37.0 Å². The number of rotatable bonds is 10. The number of hydrazone groups is 1. The lowest BCUT2D eigenvalue weighted by Gasteiger charge is -2.48. The lowest BCUT2D eigenvalue weighted by atomic mass is 9.92. The first-order valence-corrected chi connectivity index (χ1v) is 10.7. The van der Waals surface area contributed by atoms with Gasteiger partial charge in [-0.2, -0.15) is 5.10 Å². The Bertz CT molecular complexity index is 1010. The number of aliphatic carboxylic acids is 1. The predicted octanol–water partition coefficient (Wildman–Crippen LogP) is -0.968. The Morgan fingerprint density at radius 1 is 1.36 bits per heavy atom. The van der Waals surface area contributed by atoms with Crippen LogP contribution in [0.15, 0.2) is 23.3 Å². The summed E-state index contributed by atoms with van der Waals surface area (Å²) < 4.78 is 21.6. The van der Waals surface area contributed by atoms with Crippen LogP contribution in [0.25, 0.3) is 0 Å². The standard InChI is InChI=1S/C19H24N4O9S/c1-10-7-15(27)23(10)16(18(29)30)19(2,33(31)32)9-21-22-14(26)5-6-20-17(28)11-3-4-12(24)13(25)8-11/h3-4,8-10,16,24-25H,5-7H2,1-2H3,(H,20,28)(H,22,26)(H,29,30)(H,31,32)/p-1/b21-9+/t10-,16+,19+/m1/s1. The summed E-state index contributed by atoms with van der Waals surface area (Å²) >= 11 is -3.01. The number of β-lactam (4-membered cyclic amide) rings is 1. The molecular weight excluding hydrogens is 460 g/mol. The van der Waals surface area contributed by atoms with Crippen LogP contribution >= 0.6 is 0 Å². The van der Waals surface area contributed by atoms with Crippen molar-refractivity contribution in [2.24, 2.45) is 5.10 Å². The molecule has 0 bridgehead atoms. The molecule has 33 heavy (non-hydrogen) atoms. The molecule has 0 spiro atoms. The Morgan fingerprint density at radius 2 is 2.03 bits per heavy atom. The lowest BCUT2D eigenvalue weighted by Crippen LogP contribution is -2.67. The van der Waals surface area contributed by atoms with E-state index in [0.29, 0.717) is 0 Å². The van der Waals surface area contributed by atoms with Crippen LogP contribution in [-0.4, -0.2) is 82.3 Å². The Kier molecular flexibility index (Phi) is 8.11. The van der Waals surface area contributed by atoms with Gasteiger partial charge in [0.25, 0.3) is 5.91 Å². The minimum Gasteiger partial charge on any atom is -0.772 e. The Labute approximate surface area is 190 Å². The third kappa shape index (κ3) is 5.84. The number of hydrogen-bond donors (Lipinski definition) is 5. The number of carbonyl (C=O) groups is 4. The average molecular weight is 483 g/mol. The molecule has 14 heteroatoms. The highest BCUT2D eigenvalue weighted by atomic mass is 32.2. The zero-order valence-electron chi connectivity index (χ0n) is 17.7. The molecule has 1 heterocycles.